The fraction of sp³-hybridized carbons (Fsp3) is 0.316. The van der Waals surface area contributed by atoms with Crippen molar-refractivity contribution >= 4 is 31.6 Å². The Balaban J connectivity index is 1.83. The van der Waals surface area contributed by atoms with Crippen molar-refractivity contribution in [2.75, 3.05) is 19.0 Å². The molecule has 11 heteroatoms. The van der Waals surface area contributed by atoms with Crippen LogP contribution in [0.2, 0.25) is 0 Å². The molecule has 0 radical (unpaired) electrons. The number of benzene rings is 2. The van der Waals surface area contributed by atoms with Gasteiger partial charge in [0.2, 0.25) is 26.0 Å². The summed E-state index contributed by atoms with van der Waals surface area (Å²) in [6.45, 7) is 1.91. The predicted octanol–water partition coefficient (Wildman–Crippen LogP) is 1.44. The topological polar surface area (TPSA) is 136 Å². The second kappa shape index (κ2) is 8.34. The fourth-order valence-electron chi connectivity index (χ4n) is 3.35. The van der Waals surface area contributed by atoms with Gasteiger partial charge in [0.15, 0.2) is 0 Å². The van der Waals surface area contributed by atoms with Gasteiger partial charge in [0.25, 0.3) is 0 Å². The number of aryl methyl sites for hydroxylation is 1. The average molecular weight is 454 g/mol. The lowest BCUT2D eigenvalue weighted by molar-refractivity contribution is -0.119. The Morgan fingerprint density at radius 1 is 1.13 bits per heavy atom. The van der Waals surface area contributed by atoms with E-state index in [-0.39, 0.29) is 16.3 Å². The average Bonchev–Trinajstić information content (AvgIpc) is 3.19. The van der Waals surface area contributed by atoms with Crippen molar-refractivity contribution in [2.24, 2.45) is 5.14 Å². The molecule has 1 fully saturated rings. The van der Waals surface area contributed by atoms with Crippen LogP contribution in [-0.2, 0) is 24.8 Å². The number of ether oxygens (including phenoxy) is 1. The van der Waals surface area contributed by atoms with E-state index < -0.39 is 32.0 Å². The van der Waals surface area contributed by atoms with Crippen LogP contribution in [0.25, 0.3) is 0 Å². The minimum atomic E-state index is -3.92. The minimum Gasteiger partial charge on any atom is -0.497 e. The summed E-state index contributed by atoms with van der Waals surface area (Å²) in [6, 6.07) is 9.25. The number of rotatable bonds is 6. The van der Waals surface area contributed by atoms with Gasteiger partial charge in [0.05, 0.1) is 16.9 Å². The largest absolute Gasteiger partial charge is 0.497 e. The second-order valence-corrected chi connectivity index (χ2v) is 10.4. The van der Waals surface area contributed by atoms with Gasteiger partial charge in [0, 0.05) is 18.3 Å². The van der Waals surface area contributed by atoms with E-state index >= 15 is 0 Å². The quantitative estimate of drug-likeness (QED) is 0.679. The van der Waals surface area contributed by atoms with Crippen LogP contribution in [0.4, 0.5) is 5.69 Å². The van der Waals surface area contributed by atoms with Crippen LogP contribution in [-0.4, -0.2) is 46.7 Å². The number of anilines is 1. The van der Waals surface area contributed by atoms with Gasteiger partial charge in [-0.15, -0.1) is 0 Å². The molecular formula is C19H23N3O6S2. The smallest absolute Gasteiger partial charge is 0.244 e. The van der Waals surface area contributed by atoms with Gasteiger partial charge in [-0.05, 0) is 55.7 Å². The van der Waals surface area contributed by atoms with Crippen LogP contribution >= 0.6 is 0 Å². The Labute approximate surface area is 175 Å². The maximum atomic E-state index is 13.3. The molecule has 0 saturated carbocycles. The first-order valence-electron chi connectivity index (χ1n) is 9.14. The number of nitrogens with zero attached hydrogens (tertiary/aromatic N) is 1. The van der Waals surface area contributed by atoms with E-state index in [4.69, 9.17) is 9.88 Å². The van der Waals surface area contributed by atoms with E-state index in [1.165, 1.54) is 41.7 Å². The summed E-state index contributed by atoms with van der Waals surface area (Å²) in [5, 5.41) is 7.71. The maximum absolute atomic E-state index is 13.3. The van der Waals surface area contributed by atoms with Crippen molar-refractivity contribution in [1.82, 2.24) is 4.31 Å². The van der Waals surface area contributed by atoms with Crippen LogP contribution in [0.5, 0.6) is 5.75 Å². The Kier molecular flexibility index (Phi) is 6.18. The number of carbonyl (C=O) groups excluding carboxylic acids is 1. The van der Waals surface area contributed by atoms with E-state index in [2.05, 4.69) is 5.32 Å². The van der Waals surface area contributed by atoms with E-state index in [0.717, 1.165) is 0 Å². The molecule has 3 rings (SSSR count). The molecule has 162 valence electrons. The van der Waals surface area contributed by atoms with Gasteiger partial charge in [-0.1, -0.05) is 6.07 Å². The molecule has 1 atom stereocenters. The third-order valence-electron chi connectivity index (χ3n) is 4.94. The molecule has 1 saturated heterocycles. The SMILES string of the molecule is COc1ccc(C)c(S(=O)(=O)N2CCC[C@@H]2C(=O)Nc2ccc(S(N)(=O)=O)cc2)c1. The molecule has 0 bridgehead atoms. The lowest BCUT2D eigenvalue weighted by Crippen LogP contribution is -2.43. The highest BCUT2D eigenvalue weighted by molar-refractivity contribution is 7.89. The standard InChI is InChI=1S/C19H23N3O6S2/c1-13-5-8-15(28-2)12-18(13)30(26,27)22-11-3-4-17(22)19(23)21-14-6-9-16(10-7-14)29(20,24)25/h5-10,12,17H,3-4,11H2,1-2H3,(H,21,23)(H2,20,24,25)/t17-/m1/s1. The van der Waals surface area contributed by atoms with Gasteiger partial charge in [-0.25, -0.2) is 22.0 Å². The minimum absolute atomic E-state index is 0.0842. The third kappa shape index (κ3) is 4.48. The van der Waals surface area contributed by atoms with Gasteiger partial charge in [-0.2, -0.15) is 4.31 Å². The van der Waals surface area contributed by atoms with Crippen molar-refractivity contribution in [3.05, 3.63) is 48.0 Å². The Morgan fingerprint density at radius 3 is 2.40 bits per heavy atom. The summed E-state index contributed by atoms with van der Waals surface area (Å²) >= 11 is 0. The predicted molar refractivity (Wildman–Crippen MR) is 111 cm³/mol. The highest BCUT2D eigenvalue weighted by atomic mass is 32.2. The van der Waals surface area contributed by atoms with E-state index in [1.807, 2.05) is 0 Å². The zero-order chi connectivity index (χ0) is 22.1. The molecule has 9 nitrogen and oxygen atoms in total. The number of nitrogens with two attached hydrogens (primary N) is 1. The molecule has 1 aliphatic heterocycles. The Hall–Kier alpha value is -2.47. The van der Waals surface area contributed by atoms with Crippen molar-refractivity contribution in [3.8, 4) is 5.75 Å². The summed E-state index contributed by atoms with van der Waals surface area (Å²) in [5.74, 6) is -0.0747. The molecule has 3 N–H and O–H groups in total. The van der Waals surface area contributed by atoms with Gasteiger partial charge in [0.1, 0.15) is 11.8 Å². The zero-order valence-electron chi connectivity index (χ0n) is 16.5. The number of carbonyl (C=O) groups is 1. The monoisotopic (exact) mass is 453 g/mol. The first-order chi connectivity index (χ1) is 14.0. The van der Waals surface area contributed by atoms with Gasteiger partial charge < -0.3 is 10.1 Å². The van der Waals surface area contributed by atoms with E-state index in [9.17, 15) is 21.6 Å². The molecule has 30 heavy (non-hydrogen) atoms. The molecule has 0 aromatic heterocycles. The Bertz CT molecular complexity index is 1160. The lowest BCUT2D eigenvalue weighted by Gasteiger charge is -2.24. The molecular weight excluding hydrogens is 430 g/mol. The zero-order valence-corrected chi connectivity index (χ0v) is 18.2. The number of nitrogens with one attached hydrogen (secondary N) is 1. The molecule has 1 heterocycles. The fourth-order valence-corrected chi connectivity index (χ4v) is 5.77. The van der Waals surface area contributed by atoms with Gasteiger partial charge >= 0.3 is 0 Å². The first-order valence-corrected chi connectivity index (χ1v) is 12.1. The molecule has 0 spiro atoms. The summed E-state index contributed by atoms with van der Waals surface area (Å²) in [6.07, 6.45) is 0.925. The number of sulfonamides is 2. The summed E-state index contributed by atoms with van der Waals surface area (Å²) in [5.41, 5.74) is 0.898. The normalized spacial score (nSPS) is 17.6. The van der Waals surface area contributed by atoms with E-state index in [1.54, 1.807) is 19.1 Å². The van der Waals surface area contributed by atoms with Crippen LogP contribution in [0.1, 0.15) is 18.4 Å². The van der Waals surface area contributed by atoms with Crippen LogP contribution < -0.4 is 15.2 Å². The van der Waals surface area contributed by atoms with Gasteiger partial charge in [-0.3, -0.25) is 4.79 Å². The second-order valence-electron chi connectivity index (χ2n) is 6.96. The first kappa shape index (κ1) is 22.2. The molecule has 0 unspecified atom stereocenters. The molecule has 2 aromatic carbocycles. The highest BCUT2D eigenvalue weighted by Crippen LogP contribution is 2.30. The van der Waals surface area contributed by atoms with Crippen molar-refractivity contribution < 1.29 is 26.4 Å². The van der Waals surface area contributed by atoms with Crippen LogP contribution in [0.3, 0.4) is 0 Å². The summed E-state index contributed by atoms with van der Waals surface area (Å²) < 4.78 is 55.5. The number of hydrogen-bond acceptors (Lipinski definition) is 6. The number of amides is 1. The number of hydrogen-bond donors (Lipinski definition) is 2. The summed E-state index contributed by atoms with van der Waals surface area (Å²) in [4.78, 5) is 12.8. The van der Waals surface area contributed by atoms with Crippen LogP contribution in [0, 0.1) is 6.92 Å². The summed E-state index contributed by atoms with van der Waals surface area (Å²) in [7, 11) is -6.31. The molecule has 1 aliphatic rings. The number of methoxy groups -OCH3 is 1. The lowest BCUT2D eigenvalue weighted by atomic mass is 10.2. The van der Waals surface area contributed by atoms with Crippen molar-refractivity contribution in [3.63, 3.8) is 0 Å². The van der Waals surface area contributed by atoms with Crippen molar-refractivity contribution in [2.45, 2.75) is 35.6 Å². The Morgan fingerprint density at radius 2 is 1.80 bits per heavy atom. The molecule has 1 amide bonds. The van der Waals surface area contributed by atoms with Crippen molar-refractivity contribution in [1.29, 1.82) is 0 Å². The highest BCUT2D eigenvalue weighted by Gasteiger charge is 2.40. The van der Waals surface area contributed by atoms with E-state index in [0.29, 0.717) is 29.8 Å². The third-order valence-corrected chi connectivity index (χ3v) is 7.92. The molecule has 2 aromatic rings. The molecule has 0 aliphatic carbocycles. The number of primary sulfonamides is 1. The van der Waals surface area contributed by atoms with Crippen LogP contribution in [0.15, 0.2) is 52.3 Å². The maximum Gasteiger partial charge on any atom is 0.244 e.